The predicted octanol–water partition coefficient (Wildman–Crippen LogP) is 1.58. The number of benzene rings is 2. The second kappa shape index (κ2) is 8.49. The van der Waals surface area contributed by atoms with Crippen LogP contribution in [0.25, 0.3) is 22.0 Å². The zero-order valence-electron chi connectivity index (χ0n) is 17.9. The molecule has 2 unspecified atom stereocenters. The van der Waals surface area contributed by atoms with E-state index in [0.717, 1.165) is 5.54 Å². The third-order valence-corrected chi connectivity index (χ3v) is 14.0. The molecule has 0 saturated heterocycles. The summed E-state index contributed by atoms with van der Waals surface area (Å²) in [5.41, 5.74) is 8.73. The summed E-state index contributed by atoms with van der Waals surface area (Å²) in [4.78, 5) is 3.14. The summed E-state index contributed by atoms with van der Waals surface area (Å²) in [7, 11) is -0.995. The van der Waals surface area contributed by atoms with Crippen LogP contribution in [0, 0.1) is 6.92 Å². The van der Waals surface area contributed by atoms with E-state index in [1.54, 1.807) is 45.9 Å². The summed E-state index contributed by atoms with van der Waals surface area (Å²) in [6, 6.07) is 15.6. The number of allylic oxidation sites excluding steroid dienone is 2. The molecule has 2 aliphatic carbocycles. The maximum Gasteiger partial charge on any atom is -1.00 e. The van der Waals surface area contributed by atoms with Crippen molar-refractivity contribution in [1.29, 1.82) is 0 Å². The van der Waals surface area contributed by atoms with Gasteiger partial charge in [-0.05, 0) is 30.7 Å². The number of aryl methyl sites for hydroxylation is 1. The summed E-state index contributed by atoms with van der Waals surface area (Å²) in [5.74, 6) is 0. The first-order valence-electron chi connectivity index (χ1n) is 10.0. The first kappa shape index (κ1) is 24.2. The normalized spacial score (nSPS) is 21.5. The van der Waals surface area contributed by atoms with E-state index in [0.29, 0.717) is 3.63 Å². The molecule has 2 aliphatic heterocycles. The van der Waals surface area contributed by atoms with Crippen LogP contribution in [-0.4, -0.2) is 8.07 Å². The maximum absolute atomic E-state index is 2.52. The molecule has 0 nitrogen and oxygen atoms in total. The molecule has 0 fully saturated rings. The van der Waals surface area contributed by atoms with Crippen molar-refractivity contribution < 1.29 is 49.5 Å². The van der Waals surface area contributed by atoms with Gasteiger partial charge in [0.05, 0.1) is 8.07 Å². The molecule has 3 heterocycles. The second-order valence-electron chi connectivity index (χ2n) is 8.97. The van der Waals surface area contributed by atoms with Crippen molar-refractivity contribution >= 4 is 41.5 Å². The fraction of sp³-hybridized carbons (Fsp3) is 0.280. The second-order valence-corrected chi connectivity index (χ2v) is 16.2. The van der Waals surface area contributed by atoms with Gasteiger partial charge in [0.2, 0.25) is 0 Å². The first-order chi connectivity index (χ1) is 13.3. The van der Waals surface area contributed by atoms with Crippen LogP contribution < -0.4 is 24.8 Å². The van der Waals surface area contributed by atoms with Gasteiger partial charge in [-0.2, -0.15) is 0 Å². The molecular formula is C25H25Cl2SSiZr. The maximum atomic E-state index is 2.52. The molecule has 2 aromatic carbocycles. The van der Waals surface area contributed by atoms with Gasteiger partial charge in [-0.3, -0.25) is 0 Å². The van der Waals surface area contributed by atoms with Gasteiger partial charge < -0.3 is 24.8 Å². The molecule has 5 heteroatoms. The van der Waals surface area contributed by atoms with Crippen molar-refractivity contribution in [3.05, 3.63) is 80.1 Å². The van der Waals surface area contributed by atoms with Gasteiger partial charge in [-0.1, -0.05) is 18.7 Å². The average Bonchev–Trinajstić information content (AvgIpc) is 3.30. The van der Waals surface area contributed by atoms with Gasteiger partial charge in [0.1, 0.15) is 0 Å². The Kier molecular flexibility index (Phi) is 6.85. The van der Waals surface area contributed by atoms with Crippen LogP contribution in [0.2, 0.25) is 13.1 Å². The zero-order valence-corrected chi connectivity index (χ0v) is 23.7. The summed E-state index contributed by atoms with van der Waals surface area (Å²) in [6.07, 6.45) is 2.36. The largest absolute Gasteiger partial charge is 1.00 e. The van der Waals surface area contributed by atoms with Gasteiger partial charge in [0.25, 0.3) is 0 Å². The quantitative estimate of drug-likeness (QED) is 0.375. The summed E-state index contributed by atoms with van der Waals surface area (Å²) in [6.45, 7) is 11.8. The van der Waals surface area contributed by atoms with Gasteiger partial charge >= 0.3 is 105 Å². The van der Waals surface area contributed by atoms with Crippen molar-refractivity contribution in [1.82, 2.24) is 0 Å². The van der Waals surface area contributed by atoms with Crippen molar-refractivity contribution in [3.8, 4) is 0 Å². The summed E-state index contributed by atoms with van der Waals surface area (Å²) in [5, 5.41) is 4.54. The fourth-order valence-corrected chi connectivity index (χ4v) is 12.7. The van der Waals surface area contributed by atoms with Crippen molar-refractivity contribution in [2.45, 2.75) is 43.0 Å². The van der Waals surface area contributed by atoms with Gasteiger partial charge in [-0.15, -0.1) is 11.3 Å². The Hall–Kier alpha value is -0.440. The third kappa shape index (κ3) is 3.41. The van der Waals surface area contributed by atoms with Crippen molar-refractivity contribution in [2.24, 2.45) is 0 Å². The molecule has 0 saturated carbocycles. The Morgan fingerprint density at radius 3 is 2.30 bits per heavy atom. The van der Waals surface area contributed by atoms with E-state index < -0.39 is 8.07 Å². The average molecular weight is 548 g/mol. The van der Waals surface area contributed by atoms with Crippen LogP contribution in [0.1, 0.15) is 49.5 Å². The van der Waals surface area contributed by atoms with Crippen LogP contribution in [0.5, 0.6) is 0 Å². The van der Waals surface area contributed by atoms with E-state index in [1.807, 2.05) is 11.3 Å². The van der Waals surface area contributed by atoms with E-state index >= 15 is 0 Å². The number of fused-ring (bicyclic) bond motifs is 3. The van der Waals surface area contributed by atoms with Crippen LogP contribution in [0.4, 0.5) is 0 Å². The van der Waals surface area contributed by atoms with Crippen LogP contribution >= 0.6 is 11.3 Å². The van der Waals surface area contributed by atoms with Gasteiger partial charge in [0.15, 0.2) is 0 Å². The van der Waals surface area contributed by atoms with Crippen molar-refractivity contribution in [2.75, 3.05) is 0 Å². The molecule has 1 aromatic heterocycles. The monoisotopic (exact) mass is 545 g/mol. The van der Waals surface area contributed by atoms with E-state index in [-0.39, 0.29) is 24.8 Å². The van der Waals surface area contributed by atoms with Crippen LogP contribution in [-0.2, 0) is 24.7 Å². The third-order valence-electron chi connectivity index (χ3n) is 6.76. The van der Waals surface area contributed by atoms with Gasteiger partial charge in [0, 0.05) is 15.3 Å². The Labute approximate surface area is 212 Å². The summed E-state index contributed by atoms with van der Waals surface area (Å²) >= 11 is 3.60. The molecular weight excluding hydrogens is 523 g/mol. The SMILES string of the molecule is CC1=C2c3sc(C)cc3C1[Si]2(C)C.CC1=Cc2c(ccc3ccccc23)[CH]1[Zr+2].[Cl-].[Cl-]. The molecule has 0 N–H and O–H groups in total. The number of hydrogen-bond acceptors (Lipinski definition) is 1. The number of thiophene rings is 1. The topological polar surface area (TPSA) is 0 Å². The number of hydrogen-bond donors (Lipinski definition) is 0. The predicted molar refractivity (Wildman–Crippen MR) is 122 cm³/mol. The molecule has 2 bridgehead atoms. The molecule has 0 amide bonds. The Morgan fingerprint density at radius 1 is 0.933 bits per heavy atom. The molecule has 0 spiro atoms. The minimum atomic E-state index is -0.995. The molecule has 4 aliphatic rings. The van der Waals surface area contributed by atoms with E-state index in [4.69, 9.17) is 0 Å². The van der Waals surface area contributed by atoms with E-state index in [1.165, 1.54) is 32.3 Å². The molecule has 2 atom stereocenters. The molecule has 30 heavy (non-hydrogen) atoms. The fourth-order valence-electron chi connectivity index (χ4n) is 5.58. The van der Waals surface area contributed by atoms with Crippen LogP contribution in [0.3, 0.4) is 0 Å². The van der Waals surface area contributed by atoms with E-state index in [2.05, 4.69) is 82.4 Å². The van der Waals surface area contributed by atoms with Gasteiger partial charge in [-0.25, -0.2) is 0 Å². The minimum absolute atomic E-state index is 0. The Morgan fingerprint density at radius 2 is 1.63 bits per heavy atom. The smallest absolute Gasteiger partial charge is 1.00 e. The molecule has 153 valence electrons. The standard InChI is InChI=1S/C14H11.C11H14SSi.2ClH.Zr/c1-10-8-12-7-6-11-4-2-3-5-13(11)14(12)9-10;1-6-5-8-9(12-6)11-7(2)10(8)13(11,3)4;;;/h2-9H,1H3;5,10H,1-4H3;2*1H;/q;;;;+2/p-2. The van der Waals surface area contributed by atoms with E-state index in [9.17, 15) is 0 Å². The number of rotatable bonds is 0. The zero-order chi connectivity index (χ0) is 19.8. The molecule has 7 rings (SSSR count). The molecule has 0 radical (unpaired) electrons. The first-order valence-corrected chi connectivity index (χ1v) is 15.3. The van der Waals surface area contributed by atoms with Crippen LogP contribution in [0.15, 0.2) is 53.6 Å². The summed E-state index contributed by atoms with van der Waals surface area (Å²) < 4.78 is 0.678. The Balaban J connectivity index is 0.000000161. The Bertz CT molecular complexity index is 1210. The van der Waals surface area contributed by atoms with Crippen molar-refractivity contribution in [3.63, 3.8) is 0 Å². The number of halogens is 2. The molecule has 3 aromatic rings. The minimum Gasteiger partial charge on any atom is -1.00 e.